The number of unbranched alkanes of at least 4 members (excludes halogenated alkanes) is 9. The lowest BCUT2D eigenvalue weighted by atomic mass is 9.99. The van der Waals surface area contributed by atoms with Crippen LogP contribution >= 0.6 is 0 Å². The third kappa shape index (κ3) is 14.1. The SMILES string of the molecule is CCCCCCCCCCCCC(C)(C)OOOC. The van der Waals surface area contributed by atoms with Crippen molar-refractivity contribution in [1.82, 2.24) is 0 Å². The van der Waals surface area contributed by atoms with Crippen molar-refractivity contribution < 1.29 is 14.8 Å². The molecule has 3 heteroatoms. The van der Waals surface area contributed by atoms with Crippen molar-refractivity contribution in [2.45, 2.75) is 97.0 Å². The van der Waals surface area contributed by atoms with Gasteiger partial charge in [-0.25, -0.2) is 9.78 Å². The van der Waals surface area contributed by atoms with Crippen molar-refractivity contribution in [3.8, 4) is 0 Å². The van der Waals surface area contributed by atoms with Crippen LogP contribution in [0.5, 0.6) is 0 Å². The molecule has 19 heavy (non-hydrogen) atoms. The third-order valence-electron chi connectivity index (χ3n) is 3.46. The van der Waals surface area contributed by atoms with E-state index in [1.165, 1.54) is 71.3 Å². The maximum Gasteiger partial charge on any atom is 0.101 e. The number of hydrogen-bond donors (Lipinski definition) is 0. The highest BCUT2D eigenvalue weighted by Crippen LogP contribution is 2.20. The van der Waals surface area contributed by atoms with Crippen molar-refractivity contribution >= 4 is 0 Å². The van der Waals surface area contributed by atoms with Crippen LogP contribution in [-0.2, 0) is 14.8 Å². The summed E-state index contributed by atoms with van der Waals surface area (Å²) in [6.45, 7) is 6.32. The molecular weight excluding hydrogens is 240 g/mol. The summed E-state index contributed by atoms with van der Waals surface area (Å²) in [6.07, 6.45) is 14.6. The molecule has 0 rings (SSSR count). The molecule has 3 nitrogen and oxygen atoms in total. The second-order valence-electron chi connectivity index (χ2n) is 6.01. The Morgan fingerprint density at radius 2 is 1.21 bits per heavy atom. The van der Waals surface area contributed by atoms with E-state index < -0.39 is 0 Å². The zero-order valence-electron chi connectivity index (χ0n) is 13.5. The van der Waals surface area contributed by atoms with Crippen molar-refractivity contribution in [3.63, 3.8) is 0 Å². The standard InChI is InChI=1S/C16H34O3/c1-5-6-7-8-9-10-11-12-13-14-15-16(2,3)18-19-17-4/h5-15H2,1-4H3. The molecule has 0 aliphatic carbocycles. The van der Waals surface area contributed by atoms with Crippen LogP contribution < -0.4 is 0 Å². The first-order chi connectivity index (χ1) is 9.12. The van der Waals surface area contributed by atoms with Crippen LogP contribution in [0.25, 0.3) is 0 Å². The van der Waals surface area contributed by atoms with E-state index in [0.29, 0.717) is 0 Å². The molecule has 0 aromatic rings. The van der Waals surface area contributed by atoms with Gasteiger partial charge in [-0.2, -0.15) is 0 Å². The molecule has 0 unspecified atom stereocenters. The minimum atomic E-state index is -0.254. The molecule has 0 aromatic heterocycles. The van der Waals surface area contributed by atoms with Gasteiger partial charge in [-0.3, -0.25) is 0 Å². The maximum atomic E-state index is 5.14. The molecule has 0 aromatic carbocycles. The lowest BCUT2D eigenvalue weighted by molar-refractivity contribution is -0.532. The summed E-state index contributed by atoms with van der Waals surface area (Å²) < 4.78 is 0. The van der Waals surface area contributed by atoms with Crippen LogP contribution in [0.15, 0.2) is 0 Å². The summed E-state index contributed by atoms with van der Waals surface area (Å²) in [5.74, 6) is 0. The van der Waals surface area contributed by atoms with Crippen LogP contribution in [0, 0.1) is 0 Å². The average Bonchev–Trinajstić information content (AvgIpc) is 2.38. The number of rotatable bonds is 14. The zero-order chi connectivity index (χ0) is 14.4. The van der Waals surface area contributed by atoms with Gasteiger partial charge >= 0.3 is 0 Å². The van der Waals surface area contributed by atoms with E-state index in [9.17, 15) is 0 Å². The van der Waals surface area contributed by atoms with Crippen LogP contribution in [0.4, 0.5) is 0 Å². The van der Waals surface area contributed by atoms with Crippen LogP contribution in [0.1, 0.15) is 91.4 Å². The highest BCUT2D eigenvalue weighted by Gasteiger charge is 2.19. The Hall–Kier alpha value is -0.120. The van der Waals surface area contributed by atoms with E-state index in [0.717, 1.165) is 6.42 Å². The molecule has 0 aliphatic heterocycles. The van der Waals surface area contributed by atoms with Crippen molar-refractivity contribution in [1.29, 1.82) is 0 Å². The quantitative estimate of drug-likeness (QED) is 0.235. The first kappa shape index (κ1) is 18.9. The van der Waals surface area contributed by atoms with E-state index in [4.69, 9.17) is 4.89 Å². The van der Waals surface area contributed by atoms with Crippen LogP contribution in [0.2, 0.25) is 0 Å². The molecule has 0 saturated heterocycles. The van der Waals surface area contributed by atoms with Gasteiger partial charge in [0.05, 0.1) is 7.11 Å². The molecule has 0 fully saturated rings. The Labute approximate surface area is 119 Å². The molecule has 0 atom stereocenters. The van der Waals surface area contributed by atoms with Gasteiger partial charge in [0.1, 0.15) is 5.60 Å². The Morgan fingerprint density at radius 3 is 1.68 bits per heavy atom. The van der Waals surface area contributed by atoms with Gasteiger partial charge in [0.15, 0.2) is 0 Å². The lowest BCUT2D eigenvalue weighted by Crippen LogP contribution is -2.24. The molecule has 0 heterocycles. The van der Waals surface area contributed by atoms with E-state index >= 15 is 0 Å². The minimum absolute atomic E-state index is 0.254. The summed E-state index contributed by atoms with van der Waals surface area (Å²) in [5.41, 5.74) is -0.254. The normalized spacial score (nSPS) is 12.0. The minimum Gasteiger partial charge on any atom is -0.210 e. The summed E-state index contributed by atoms with van der Waals surface area (Å²) in [6, 6.07) is 0. The summed E-state index contributed by atoms with van der Waals surface area (Å²) >= 11 is 0. The predicted octanol–water partition coefficient (Wildman–Crippen LogP) is 5.59. The fraction of sp³-hybridized carbons (Fsp3) is 1.00. The second kappa shape index (κ2) is 12.9. The monoisotopic (exact) mass is 274 g/mol. The largest absolute Gasteiger partial charge is 0.210 e. The zero-order valence-corrected chi connectivity index (χ0v) is 13.5. The predicted molar refractivity (Wildman–Crippen MR) is 79.7 cm³/mol. The van der Waals surface area contributed by atoms with E-state index in [1.54, 1.807) is 0 Å². The van der Waals surface area contributed by atoms with Crippen LogP contribution in [0.3, 0.4) is 0 Å². The molecule has 0 saturated carbocycles. The average molecular weight is 274 g/mol. The molecule has 0 N–H and O–H groups in total. The Kier molecular flexibility index (Phi) is 12.8. The fourth-order valence-corrected chi connectivity index (χ4v) is 2.21. The first-order valence-electron chi connectivity index (χ1n) is 8.01. The summed E-state index contributed by atoms with van der Waals surface area (Å²) in [5, 5.41) is 4.54. The van der Waals surface area contributed by atoms with E-state index in [1.807, 2.05) is 13.8 Å². The van der Waals surface area contributed by atoms with Gasteiger partial charge < -0.3 is 0 Å². The Morgan fingerprint density at radius 1 is 0.737 bits per heavy atom. The Bertz CT molecular complexity index is 181. The van der Waals surface area contributed by atoms with Gasteiger partial charge in [0.2, 0.25) is 0 Å². The van der Waals surface area contributed by atoms with Gasteiger partial charge in [-0.15, -0.1) is 0 Å². The molecule has 0 spiro atoms. The second-order valence-corrected chi connectivity index (χ2v) is 6.01. The van der Waals surface area contributed by atoms with E-state index in [2.05, 4.69) is 16.8 Å². The molecule has 0 amide bonds. The van der Waals surface area contributed by atoms with Crippen molar-refractivity contribution in [2.75, 3.05) is 7.11 Å². The maximum absolute atomic E-state index is 5.14. The number of hydrogen-bond acceptors (Lipinski definition) is 3. The molecule has 0 bridgehead atoms. The van der Waals surface area contributed by atoms with Gasteiger partial charge in [-0.05, 0) is 20.3 Å². The van der Waals surface area contributed by atoms with Gasteiger partial charge in [0.25, 0.3) is 0 Å². The Balaban J connectivity index is 3.21. The summed E-state index contributed by atoms with van der Waals surface area (Å²) in [7, 11) is 1.45. The molecule has 116 valence electrons. The van der Waals surface area contributed by atoms with E-state index in [-0.39, 0.29) is 5.60 Å². The van der Waals surface area contributed by atoms with Crippen molar-refractivity contribution in [2.24, 2.45) is 0 Å². The van der Waals surface area contributed by atoms with Crippen LogP contribution in [-0.4, -0.2) is 12.7 Å². The third-order valence-corrected chi connectivity index (χ3v) is 3.46. The smallest absolute Gasteiger partial charge is 0.101 e. The lowest BCUT2D eigenvalue weighted by Gasteiger charge is -2.21. The molecule has 0 radical (unpaired) electrons. The molecular formula is C16H34O3. The highest BCUT2D eigenvalue weighted by molar-refractivity contribution is 4.66. The van der Waals surface area contributed by atoms with Gasteiger partial charge in [-0.1, -0.05) is 76.2 Å². The molecule has 0 aliphatic rings. The first-order valence-corrected chi connectivity index (χ1v) is 8.01. The highest BCUT2D eigenvalue weighted by atomic mass is 17.5. The fourth-order valence-electron chi connectivity index (χ4n) is 2.21. The topological polar surface area (TPSA) is 27.7 Å². The van der Waals surface area contributed by atoms with Crippen molar-refractivity contribution in [3.05, 3.63) is 0 Å². The van der Waals surface area contributed by atoms with Gasteiger partial charge in [0, 0.05) is 0 Å². The summed E-state index contributed by atoms with van der Waals surface area (Å²) in [4.78, 5) is 9.59.